The highest BCUT2D eigenvalue weighted by Crippen LogP contribution is 2.34. The highest BCUT2D eigenvalue weighted by atomic mass is 19.4. The van der Waals surface area contributed by atoms with Crippen LogP contribution in [0.25, 0.3) is 0 Å². The molecule has 0 aliphatic carbocycles. The summed E-state index contributed by atoms with van der Waals surface area (Å²) in [5.41, 5.74) is -0.188. The van der Waals surface area contributed by atoms with Gasteiger partial charge in [-0.1, -0.05) is 12.1 Å². The maximum atomic E-state index is 13.1. The van der Waals surface area contributed by atoms with E-state index in [1.807, 2.05) is 6.07 Å². The summed E-state index contributed by atoms with van der Waals surface area (Å²) in [6.07, 6.45) is -4.62. The first-order valence-electron chi connectivity index (χ1n) is 9.79. The van der Waals surface area contributed by atoms with Crippen molar-refractivity contribution in [3.05, 3.63) is 83.4 Å². The van der Waals surface area contributed by atoms with Gasteiger partial charge in [0.2, 0.25) is 0 Å². The van der Waals surface area contributed by atoms with E-state index in [-0.39, 0.29) is 22.7 Å². The molecule has 0 unspecified atom stereocenters. The largest absolute Gasteiger partial charge is 0.493 e. The van der Waals surface area contributed by atoms with E-state index >= 15 is 0 Å². The van der Waals surface area contributed by atoms with Crippen molar-refractivity contribution in [3.8, 4) is 17.6 Å². The molecule has 34 heavy (non-hydrogen) atoms. The molecule has 2 amide bonds. The maximum absolute atomic E-state index is 13.1. The van der Waals surface area contributed by atoms with Gasteiger partial charge in [-0.2, -0.15) is 18.4 Å². The summed E-state index contributed by atoms with van der Waals surface area (Å²) in [7, 11) is 1.34. The summed E-state index contributed by atoms with van der Waals surface area (Å²) in [5, 5.41) is 13.7. The summed E-state index contributed by atoms with van der Waals surface area (Å²) < 4.78 is 49.8. The molecule has 0 saturated heterocycles. The van der Waals surface area contributed by atoms with Crippen LogP contribution >= 0.6 is 0 Å². The lowest BCUT2D eigenvalue weighted by Gasteiger charge is -2.15. The molecule has 0 aliphatic rings. The number of para-hydroxylation sites is 1. The molecule has 0 fully saturated rings. The summed E-state index contributed by atoms with van der Waals surface area (Å²) in [6.45, 7) is -0.584. The minimum atomic E-state index is -4.62. The first kappa shape index (κ1) is 24.1. The Bertz CT molecular complexity index is 1240. The number of carbonyl (C=O) groups is 2. The molecule has 2 N–H and O–H groups in total. The van der Waals surface area contributed by atoms with Gasteiger partial charge < -0.3 is 20.1 Å². The summed E-state index contributed by atoms with van der Waals surface area (Å²) in [5.74, 6) is -0.981. The number of nitrogens with zero attached hydrogens (tertiary/aromatic N) is 1. The summed E-state index contributed by atoms with van der Waals surface area (Å²) in [6, 6.07) is 17.1. The van der Waals surface area contributed by atoms with E-state index in [1.54, 1.807) is 24.3 Å². The second kappa shape index (κ2) is 10.4. The first-order chi connectivity index (χ1) is 16.2. The molecule has 0 atom stereocenters. The molecule has 10 heteroatoms. The zero-order chi connectivity index (χ0) is 24.7. The van der Waals surface area contributed by atoms with E-state index < -0.39 is 30.2 Å². The number of alkyl halides is 3. The minimum absolute atomic E-state index is 0.122. The average molecular weight is 469 g/mol. The smallest absolute Gasteiger partial charge is 0.418 e. The Morgan fingerprint density at radius 2 is 1.68 bits per heavy atom. The molecule has 3 aromatic carbocycles. The van der Waals surface area contributed by atoms with Gasteiger partial charge in [-0.3, -0.25) is 9.59 Å². The van der Waals surface area contributed by atoms with E-state index in [1.165, 1.54) is 37.4 Å². The molecule has 0 saturated carbocycles. The molecule has 0 radical (unpaired) electrons. The third-order valence-corrected chi connectivity index (χ3v) is 4.56. The normalized spacial score (nSPS) is 10.7. The maximum Gasteiger partial charge on any atom is 0.418 e. The van der Waals surface area contributed by atoms with E-state index in [4.69, 9.17) is 14.7 Å². The number of halogens is 3. The van der Waals surface area contributed by atoms with Crippen molar-refractivity contribution in [2.24, 2.45) is 0 Å². The number of hydrogen-bond acceptors (Lipinski definition) is 5. The summed E-state index contributed by atoms with van der Waals surface area (Å²) in [4.78, 5) is 24.7. The zero-order valence-electron chi connectivity index (χ0n) is 17.8. The lowest BCUT2D eigenvalue weighted by atomic mass is 10.1. The third-order valence-electron chi connectivity index (χ3n) is 4.56. The van der Waals surface area contributed by atoms with Crippen molar-refractivity contribution >= 4 is 23.2 Å². The van der Waals surface area contributed by atoms with Crippen LogP contribution in [-0.2, 0) is 11.0 Å². The number of hydrogen-bond donors (Lipinski definition) is 2. The van der Waals surface area contributed by atoms with Crippen molar-refractivity contribution in [2.75, 3.05) is 24.4 Å². The number of methoxy groups -OCH3 is 1. The molecule has 7 nitrogen and oxygen atoms in total. The highest BCUT2D eigenvalue weighted by Gasteiger charge is 2.33. The number of amides is 2. The molecule has 0 aromatic heterocycles. The van der Waals surface area contributed by atoms with Gasteiger partial charge in [0.05, 0.1) is 30.0 Å². The Hall–Kier alpha value is -4.52. The molecule has 0 bridgehead atoms. The van der Waals surface area contributed by atoms with Gasteiger partial charge >= 0.3 is 6.18 Å². The number of rotatable bonds is 7. The van der Waals surface area contributed by atoms with Gasteiger partial charge in [0, 0.05) is 11.3 Å². The third kappa shape index (κ3) is 6.04. The van der Waals surface area contributed by atoms with Gasteiger partial charge in [0.15, 0.2) is 18.1 Å². The predicted octanol–water partition coefficient (Wildman–Crippen LogP) is 4.86. The van der Waals surface area contributed by atoms with Crippen molar-refractivity contribution in [3.63, 3.8) is 0 Å². The number of carbonyl (C=O) groups excluding carboxylic acids is 2. The van der Waals surface area contributed by atoms with E-state index in [0.29, 0.717) is 11.3 Å². The fourth-order valence-electron chi connectivity index (χ4n) is 2.93. The average Bonchev–Trinajstić information content (AvgIpc) is 2.82. The van der Waals surface area contributed by atoms with Crippen molar-refractivity contribution in [1.82, 2.24) is 0 Å². The van der Waals surface area contributed by atoms with E-state index in [0.717, 1.165) is 12.1 Å². The predicted molar refractivity (Wildman–Crippen MR) is 118 cm³/mol. The fourth-order valence-corrected chi connectivity index (χ4v) is 2.93. The Labute approximate surface area is 192 Å². The van der Waals surface area contributed by atoms with Gasteiger partial charge in [-0.25, -0.2) is 0 Å². The lowest BCUT2D eigenvalue weighted by molar-refractivity contribution is -0.137. The van der Waals surface area contributed by atoms with Crippen LogP contribution in [0.2, 0.25) is 0 Å². The number of benzene rings is 3. The molecule has 0 spiro atoms. The Morgan fingerprint density at radius 3 is 2.32 bits per heavy atom. The van der Waals surface area contributed by atoms with Gasteiger partial charge in [-0.05, 0) is 54.6 Å². The van der Waals surface area contributed by atoms with Crippen LogP contribution in [0.5, 0.6) is 11.5 Å². The quantitative estimate of drug-likeness (QED) is 0.515. The fraction of sp³-hybridized carbons (Fsp3) is 0.125. The van der Waals surface area contributed by atoms with Gasteiger partial charge in [0.25, 0.3) is 11.8 Å². The SMILES string of the molecule is COc1cc(C(=O)Nc2ccc(C#N)cc2)ccc1OCC(=O)Nc1ccccc1C(F)(F)F. The number of nitrogens with one attached hydrogen (secondary N) is 2. The molecule has 0 heterocycles. The van der Waals surface area contributed by atoms with Crippen LogP contribution in [0.1, 0.15) is 21.5 Å². The Kier molecular flexibility index (Phi) is 7.38. The Morgan fingerprint density at radius 1 is 0.971 bits per heavy atom. The number of anilines is 2. The van der Waals surface area contributed by atoms with Crippen molar-refractivity contribution in [2.45, 2.75) is 6.18 Å². The van der Waals surface area contributed by atoms with Crippen LogP contribution in [0.3, 0.4) is 0 Å². The number of ether oxygens (including phenoxy) is 2. The van der Waals surface area contributed by atoms with Crippen LogP contribution in [0.4, 0.5) is 24.5 Å². The van der Waals surface area contributed by atoms with Crippen LogP contribution in [0, 0.1) is 11.3 Å². The van der Waals surface area contributed by atoms with E-state index in [9.17, 15) is 22.8 Å². The van der Waals surface area contributed by atoms with Crippen molar-refractivity contribution in [1.29, 1.82) is 5.26 Å². The lowest BCUT2D eigenvalue weighted by Crippen LogP contribution is -2.22. The zero-order valence-corrected chi connectivity index (χ0v) is 17.8. The molecular formula is C24H18F3N3O4. The monoisotopic (exact) mass is 469 g/mol. The second-order valence-corrected chi connectivity index (χ2v) is 6.89. The minimum Gasteiger partial charge on any atom is -0.493 e. The van der Waals surface area contributed by atoms with E-state index in [2.05, 4.69) is 10.6 Å². The van der Waals surface area contributed by atoms with Crippen molar-refractivity contribution < 1.29 is 32.2 Å². The van der Waals surface area contributed by atoms with Crippen LogP contribution in [0.15, 0.2) is 66.7 Å². The standard InChI is InChI=1S/C24H18F3N3O4/c1-33-21-12-16(23(32)29-17-9-6-15(13-28)7-10-17)8-11-20(21)34-14-22(31)30-19-5-3-2-4-18(19)24(25,26)27/h2-12H,14H2,1H3,(H,29,32)(H,30,31). The highest BCUT2D eigenvalue weighted by molar-refractivity contribution is 6.04. The molecule has 174 valence electrons. The van der Waals surface area contributed by atoms with Gasteiger partial charge in [0.1, 0.15) is 0 Å². The Balaban J connectivity index is 1.65. The van der Waals surface area contributed by atoms with Crippen LogP contribution in [-0.4, -0.2) is 25.5 Å². The molecule has 0 aliphatic heterocycles. The van der Waals surface area contributed by atoms with Gasteiger partial charge in [-0.15, -0.1) is 0 Å². The summed E-state index contributed by atoms with van der Waals surface area (Å²) >= 11 is 0. The number of nitriles is 1. The second-order valence-electron chi connectivity index (χ2n) is 6.89. The van der Waals surface area contributed by atoms with Crippen LogP contribution < -0.4 is 20.1 Å². The molecule has 3 aromatic rings. The molecular weight excluding hydrogens is 451 g/mol. The topological polar surface area (TPSA) is 100 Å². The molecule has 3 rings (SSSR count). The first-order valence-corrected chi connectivity index (χ1v) is 9.79.